The molecule has 0 unspecified atom stereocenters. The van der Waals surface area contributed by atoms with Crippen LogP contribution in [0.4, 0.5) is 0 Å². The molecule has 1 aromatic carbocycles. The van der Waals surface area contributed by atoms with Crippen molar-refractivity contribution in [3.63, 3.8) is 0 Å². The first kappa shape index (κ1) is 14.4. The molecule has 0 radical (unpaired) electrons. The molecule has 1 aliphatic carbocycles. The Morgan fingerprint density at radius 1 is 1.00 bits per heavy atom. The highest BCUT2D eigenvalue weighted by molar-refractivity contribution is 5.29. The number of hydrogen-bond acceptors (Lipinski definition) is 2. The number of benzene rings is 1. The maximum absolute atomic E-state index is 6.10. The molecule has 2 nitrogen and oxygen atoms in total. The molecule has 0 saturated heterocycles. The maximum atomic E-state index is 6.10. The third-order valence-corrected chi connectivity index (χ3v) is 4.22. The molecule has 0 amide bonds. The van der Waals surface area contributed by atoms with Gasteiger partial charge >= 0.3 is 0 Å². The van der Waals surface area contributed by atoms with Crippen molar-refractivity contribution < 1.29 is 4.74 Å². The minimum atomic E-state index is 0.404. The van der Waals surface area contributed by atoms with E-state index in [1.54, 1.807) is 0 Å². The molecule has 1 aliphatic rings. The molecule has 0 aliphatic heterocycles. The average molecular weight is 261 g/mol. The monoisotopic (exact) mass is 261 g/mol. The molecular formula is C17H27NO. The lowest BCUT2D eigenvalue weighted by Crippen LogP contribution is -2.35. The lowest BCUT2D eigenvalue weighted by molar-refractivity contribution is 0.111. The molecule has 2 rings (SSSR count). The van der Waals surface area contributed by atoms with Crippen molar-refractivity contribution >= 4 is 0 Å². The SMILES string of the molecule is CC(C)c1ccc(OC2CCC(N(C)C)CC2)cc1. The number of hydrogen-bond donors (Lipinski definition) is 0. The lowest BCUT2D eigenvalue weighted by Gasteiger charge is -2.32. The van der Waals surface area contributed by atoms with E-state index in [1.807, 2.05) is 0 Å². The molecular weight excluding hydrogens is 234 g/mol. The van der Waals surface area contributed by atoms with E-state index in [9.17, 15) is 0 Å². The Labute approximate surface area is 117 Å². The number of rotatable bonds is 4. The summed E-state index contributed by atoms with van der Waals surface area (Å²) in [5.41, 5.74) is 1.38. The maximum Gasteiger partial charge on any atom is 0.119 e. The molecule has 0 N–H and O–H groups in total. The van der Waals surface area contributed by atoms with Gasteiger partial charge in [-0.3, -0.25) is 0 Å². The molecule has 0 atom stereocenters. The second-order valence-electron chi connectivity index (χ2n) is 6.24. The predicted molar refractivity (Wildman–Crippen MR) is 80.9 cm³/mol. The Balaban J connectivity index is 1.85. The van der Waals surface area contributed by atoms with Crippen molar-refractivity contribution in [2.24, 2.45) is 0 Å². The van der Waals surface area contributed by atoms with Gasteiger partial charge in [0.1, 0.15) is 5.75 Å². The fourth-order valence-electron chi connectivity index (χ4n) is 2.80. The van der Waals surface area contributed by atoms with Crippen molar-refractivity contribution in [3.05, 3.63) is 29.8 Å². The van der Waals surface area contributed by atoms with Crippen molar-refractivity contribution in [1.82, 2.24) is 4.90 Å². The summed E-state index contributed by atoms with van der Waals surface area (Å²) < 4.78 is 6.10. The molecule has 1 saturated carbocycles. The lowest BCUT2D eigenvalue weighted by atomic mass is 9.92. The first-order valence-corrected chi connectivity index (χ1v) is 7.49. The van der Waals surface area contributed by atoms with Crippen LogP contribution in [-0.4, -0.2) is 31.1 Å². The van der Waals surface area contributed by atoms with Gasteiger partial charge in [-0.15, -0.1) is 0 Å². The summed E-state index contributed by atoms with van der Waals surface area (Å²) in [5, 5.41) is 0. The quantitative estimate of drug-likeness (QED) is 0.810. The molecule has 19 heavy (non-hydrogen) atoms. The van der Waals surface area contributed by atoms with Gasteiger partial charge in [0.2, 0.25) is 0 Å². The van der Waals surface area contributed by atoms with Gasteiger partial charge in [-0.1, -0.05) is 26.0 Å². The fourth-order valence-corrected chi connectivity index (χ4v) is 2.80. The van der Waals surface area contributed by atoms with Crippen LogP contribution in [-0.2, 0) is 0 Å². The molecule has 0 aromatic heterocycles. The van der Waals surface area contributed by atoms with Gasteiger partial charge in [0.25, 0.3) is 0 Å². The third kappa shape index (κ3) is 3.97. The summed E-state index contributed by atoms with van der Waals surface area (Å²) >= 11 is 0. The summed E-state index contributed by atoms with van der Waals surface area (Å²) in [5.74, 6) is 1.61. The Kier molecular flexibility index (Phi) is 4.87. The minimum Gasteiger partial charge on any atom is -0.490 e. The van der Waals surface area contributed by atoms with Crippen LogP contribution in [0.15, 0.2) is 24.3 Å². The van der Waals surface area contributed by atoms with Gasteiger partial charge in [-0.2, -0.15) is 0 Å². The highest BCUT2D eigenvalue weighted by atomic mass is 16.5. The van der Waals surface area contributed by atoms with Gasteiger partial charge in [0, 0.05) is 6.04 Å². The zero-order valence-electron chi connectivity index (χ0n) is 12.7. The van der Waals surface area contributed by atoms with Crippen LogP contribution in [0.3, 0.4) is 0 Å². The van der Waals surface area contributed by atoms with E-state index in [2.05, 4.69) is 57.1 Å². The van der Waals surface area contributed by atoms with Crippen molar-refractivity contribution in [2.75, 3.05) is 14.1 Å². The Bertz CT molecular complexity index is 375. The Hall–Kier alpha value is -1.02. The van der Waals surface area contributed by atoms with E-state index in [-0.39, 0.29) is 0 Å². The number of nitrogens with zero attached hydrogens (tertiary/aromatic N) is 1. The highest BCUT2D eigenvalue weighted by Crippen LogP contribution is 2.26. The summed E-state index contributed by atoms with van der Waals surface area (Å²) in [7, 11) is 4.35. The highest BCUT2D eigenvalue weighted by Gasteiger charge is 2.23. The predicted octanol–water partition coefficient (Wildman–Crippen LogP) is 4.06. The van der Waals surface area contributed by atoms with E-state index in [0.717, 1.165) is 11.8 Å². The Morgan fingerprint density at radius 2 is 1.58 bits per heavy atom. The van der Waals surface area contributed by atoms with Crippen LogP contribution in [0.2, 0.25) is 0 Å². The van der Waals surface area contributed by atoms with Gasteiger partial charge in [0.15, 0.2) is 0 Å². The Morgan fingerprint density at radius 3 is 2.05 bits per heavy atom. The second-order valence-corrected chi connectivity index (χ2v) is 6.24. The number of ether oxygens (including phenoxy) is 1. The van der Waals surface area contributed by atoms with E-state index >= 15 is 0 Å². The smallest absolute Gasteiger partial charge is 0.119 e. The van der Waals surface area contributed by atoms with Crippen LogP contribution in [0.25, 0.3) is 0 Å². The molecule has 1 aromatic rings. The van der Waals surface area contributed by atoms with Crippen LogP contribution in [0, 0.1) is 0 Å². The summed E-state index contributed by atoms with van der Waals surface area (Å²) in [6.45, 7) is 4.44. The summed E-state index contributed by atoms with van der Waals surface area (Å²) in [6, 6.07) is 9.35. The van der Waals surface area contributed by atoms with Gasteiger partial charge < -0.3 is 9.64 Å². The van der Waals surface area contributed by atoms with Crippen LogP contribution in [0.5, 0.6) is 5.75 Å². The van der Waals surface area contributed by atoms with Crippen LogP contribution >= 0.6 is 0 Å². The third-order valence-electron chi connectivity index (χ3n) is 4.22. The van der Waals surface area contributed by atoms with Gasteiger partial charge in [-0.05, 0) is 63.4 Å². The van der Waals surface area contributed by atoms with E-state index in [4.69, 9.17) is 4.74 Å². The zero-order valence-corrected chi connectivity index (χ0v) is 12.7. The normalized spacial score (nSPS) is 23.9. The molecule has 0 bridgehead atoms. The van der Waals surface area contributed by atoms with Crippen molar-refractivity contribution in [3.8, 4) is 5.75 Å². The molecule has 0 spiro atoms. The van der Waals surface area contributed by atoms with Crippen LogP contribution < -0.4 is 4.74 Å². The summed E-state index contributed by atoms with van der Waals surface area (Å²) in [4.78, 5) is 2.34. The van der Waals surface area contributed by atoms with Gasteiger partial charge in [0.05, 0.1) is 6.10 Å². The fraction of sp³-hybridized carbons (Fsp3) is 0.647. The van der Waals surface area contributed by atoms with Crippen molar-refractivity contribution in [1.29, 1.82) is 0 Å². The molecule has 0 heterocycles. The topological polar surface area (TPSA) is 12.5 Å². The standard InChI is InChI=1S/C17H27NO/c1-13(2)14-5-9-16(10-6-14)19-17-11-7-15(8-12-17)18(3)4/h5-6,9-10,13,15,17H,7-8,11-12H2,1-4H3. The average Bonchev–Trinajstić information content (AvgIpc) is 2.40. The zero-order chi connectivity index (χ0) is 13.8. The molecule has 106 valence electrons. The van der Waals surface area contributed by atoms with Crippen LogP contribution in [0.1, 0.15) is 51.0 Å². The van der Waals surface area contributed by atoms with Crippen molar-refractivity contribution in [2.45, 2.75) is 57.6 Å². The second kappa shape index (κ2) is 6.42. The first-order chi connectivity index (χ1) is 9.06. The summed E-state index contributed by atoms with van der Waals surface area (Å²) in [6.07, 6.45) is 5.26. The largest absolute Gasteiger partial charge is 0.490 e. The minimum absolute atomic E-state index is 0.404. The van der Waals surface area contributed by atoms with E-state index < -0.39 is 0 Å². The van der Waals surface area contributed by atoms with E-state index in [0.29, 0.717) is 12.0 Å². The molecule has 1 fully saturated rings. The van der Waals surface area contributed by atoms with E-state index in [1.165, 1.54) is 31.2 Å². The van der Waals surface area contributed by atoms with Gasteiger partial charge in [-0.25, -0.2) is 0 Å². The first-order valence-electron chi connectivity index (χ1n) is 7.49. The molecule has 2 heteroatoms.